The second-order valence-electron chi connectivity index (χ2n) is 3.06. The fourth-order valence-electron chi connectivity index (χ4n) is 1.62. The van der Waals surface area contributed by atoms with Crippen LogP contribution in [0.1, 0.15) is 18.1 Å². The molecule has 0 aromatic heterocycles. The van der Waals surface area contributed by atoms with Crippen LogP contribution in [0, 0.1) is 0 Å². The molecule has 0 bridgehead atoms. The number of methoxy groups -OCH3 is 1. The van der Waals surface area contributed by atoms with Crippen molar-refractivity contribution in [3.63, 3.8) is 0 Å². The van der Waals surface area contributed by atoms with Crippen molar-refractivity contribution >= 4 is 0 Å². The number of para-hydroxylation sites is 1. The third-order valence-corrected chi connectivity index (χ3v) is 2.28. The normalized spacial score (nSPS) is 20.5. The standard InChI is InChI=1S/C10H12O3/c1-12-9-5-6-13-10-7(9)3-2-4-8(10)11/h2-4,9,11H,5-6H2,1H3. The third kappa shape index (κ3) is 1.35. The number of hydrogen-bond acceptors (Lipinski definition) is 3. The van der Waals surface area contributed by atoms with Gasteiger partial charge in [0.15, 0.2) is 11.5 Å². The van der Waals surface area contributed by atoms with Crippen LogP contribution < -0.4 is 4.74 Å². The molecule has 1 aliphatic rings. The van der Waals surface area contributed by atoms with Crippen LogP contribution in [-0.2, 0) is 4.74 Å². The third-order valence-electron chi connectivity index (χ3n) is 2.28. The van der Waals surface area contributed by atoms with Gasteiger partial charge in [-0.1, -0.05) is 12.1 Å². The Bertz CT molecular complexity index is 309. The van der Waals surface area contributed by atoms with Gasteiger partial charge in [0.2, 0.25) is 0 Å². The van der Waals surface area contributed by atoms with Gasteiger partial charge >= 0.3 is 0 Å². The molecule has 0 aliphatic carbocycles. The quantitative estimate of drug-likeness (QED) is 0.717. The van der Waals surface area contributed by atoms with Crippen molar-refractivity contribution in [2.45, 2.75) is 12.5 Å². The number of rotatable bonds is 1. The molecule has 0 amide bonds. The van der Waals surface area contributed by atoms with E-state index >= 15 is 0 Å². The molecule has 0 saturated heterocycles. The number of phenolic OH excluding ortho intramolecular Hbond substituents is 1. The van der Waals surface area contributed by atoms with Crippen LogP contribution in [0.2, 0.25) is 0 Å². The molecule has 1 heterocycles. The van der Waals surface area contributed by atoms with E-state index in [0.29, 0.717) is 12.4 Å². The minimum absolute atomic E-state index is 0.0517. The van der Waals surface area contributed by atoms with Crippen LogP contribution in [0.5, 0.6) is 11.5 Å². The zero-order valence-electron chi connectivity index (χ0n) is 7.49. The molecule has 3 heteroatoms. The zero-order valence-corrected chi connectivity index (χ0v) is 7.49. The highest BCUT2D eigenvalue weighted by Crippen LogP contribution is 2.39. The fraction of sp³-hybridized carbons (Fsp3) is 0.400. The summed E-state index contributed by atoms with van der Waals surface area (Å²) in [7, 11) is 1.67. The van der Waals surface area contributed by atoms with E-state index in [2.05, 4.69) is 0 Å². The molecule has 13 heavy (non-hydrogen) atoms. The Morgan fingerprint density at radius 3 is 3.15 bits per heavy atom. The van der Waals surface area contributed by atoms with E-state index in [4.69, 9.17) is 9.47 Å². The summed E-state index contributed by atoms with van der Waals surface area (Å²) in [6.07, 6.45) is 0.892. The lowest BCUT2D eigenvalue weighted by molar-refractivity contribution is 0.0623. The predicted octanol–water partition coefficient (Wildman–Crippen LogP) is 1.86. The van der Waals surface area contributed by atoms with Crippen molar-refractivity contribution in [2.75, 3.05) is 13.7 Å². The summed E-state index contributed by atoms with van der Waals surface area (Å²) in [6.45, 7) is 0.600. The monoisotopic (exact) mass is 180 g/mol. The van der Waals surface area contributed by atoms with Crippen LogP contribution in [-0.4, -0.2) is 18.8 Å². The highest BCUT2D eigenvalue weighted by molar-refractivity contribution is 5.47. The van der Waals surface area contributed by atoms with E-state index in [1.807, 2.05) is 6.07 Å². The van der Waals surface area contributed by atoms with E-state index < -0.39 is 0 Å². The van der Waals surface area contributed by atoms with Crippen LogP contribution in [0.3, 0.4) is 0 Å². The maximum Gasteiger partial charge on any atom is 0.166 e. The predicted molar refractivity (Wildman–Crippen MR) is 48.0 cm³/mol. The van der Waals surface area contributed by atoms with Gasteiger partial charge in [-0.05, 0) is 6.07 Å². The Balaban J connectivity index is 2.45. The van der Waals surface area contributed by atoms with Crippen molar-refractivity contribution in [3.05, 3.63) is 23.8 Å². The molecule has 1 atom stereocenters. The van der Waals surface area contributed by atoms with E-state index in [0.717, 1.165) is 12.0 Å². The van der Waals surface area contributed by atoms with E-state index in [-0.39, 0.29) is 11.9 Å². The first kappa shape index (κ1) is 8.38. The molecule has 70 valence electrons. The maximum atomic E-state index is 9.49. The molecule has 1 unspecified atom stereocenters. The minimum atomic E-state index is 0.0517. The molecule has 1 aliphatic heterocycles. The molecule has 2 rings (SSSR count). The number of aromatic hydroxyl groups is 1. The van der Waals surface area contributed by atoms with Gasteiger partial charge < -0.3 is 14.6 Å². The van der Waals surface area contributed by atoms with Gasteiger partial charge in [-0.15, -0.1) is 0 Å². The lowest BCUT2D eigenvalue weighted by Crippen LogP contribution is -2.15. The Morgan fingerprint density at radius 1 is 1.54 bits per heavy atom. The molecule has 0 saturated carbocycles. The molecule has 3 nitrogen and oxygen atoms in total. The van der Waals surface area contributed by atoms with Gasteiger partial charge in [-0.25, -0.2) is 0 Å². The average Bonchev–Trinajstić information content (AvgIpc) is 2.18. The Labute approximate surface area is 76.9 Å². The molecule has 0 spiro atoms. The van der Waals surface area contributed by atoms with Crippen LogP contribution >= 0.6 is 0 Å². The van der Waals surface area contributed by atoms with Crippen LogP contribution in [0.15, 0.2) is 18.2 Å². The summed E-state index contributed by atoms with van der Waals surface area (Å²) < 4.78 is 10.6. The molecule has 0 fully saturated rings. The minimum Gasteiger partial charge on any atom is -0.504 e. The van der Waals surface area contributed by atoms with E-state index in [1.54, 1.807) is 19.2 Å². The first-order chi connectivity index (χ1) is 6.33. The largest absolute Gasteiger partial charge is 0.504 e. The van der Waals surface area contributed by atoms with Crippen molar-refractivity contribution in [1.29, 1.82) is 0 Å². The molecule has 1 aromatic carbocycles. The summed E-state index contributed by atoms with van der Waals surface area (Å²) in [5.41, 5.74) is 0.939. The van der Waals surface area contributed by atoms with Gasteiger partial charge in [0, 0.05) is 19.1 Å². The zero-order chi connectivity index (χ0) is 9.26. The number of phenols is 1. The Morgan fingerprint density at radius 2 is 2.38 bits per heavy atom. The number of hydrogen-bond donors (Lipinski definition) is 1. The van der Waals surface area contributed by atoms with Crippen LogP contribution in [0.4, 0.5) is 0 Å². The number of fused-ring (bicyclic) bond motifs is 1. The smallest absolute Gasteiger partial charge is 0.166 e. The van der Waals surface area contributed by atoms with Gasteiger partial charge in [0.25, 0.3) is 0 Å². The maximum absolute atomic E-state index is 9.49. The summed E-state index contributed by atoms with van der Waals surface area (Å²) in [5.74, 6) is 0.764. The van der Waals surface area contributed by atoms with Crippen molar-refractivity contribution in [2.24, 2.45) is 0 Å². The lowest BCUT2D eigenvalue weighted by Gasteiger charge is -2.25. The highest BCUT2D eigenvalue weighted by atomic mass is 16.5. The lowest BCUT2D eigenvalue weighted by atomic mass is 10.0. The summed E-state index contributed by atoms with van der Waals surface area (Å²) in [4.78, 5) is 0. The van der Waals surface area contributed by atoms with E-state index in [9.17, 15) is 5.11 Å². The summed E-state index contributed by atoms with van der Waals surface area (Å²) in [6, 6.07) is 5.34. The van der Waals surface area contributed by atoms with E-state index in [1.165, 1.54) is 0 Å². The van der Waals surface area contributed by atoms with Crippen molar-refractivity contribution in [1.82, 2.24) is 0 Å². The SMILES string of the molecule is COC1CCOc2c(O)cccc21. The molecular formula is C10H12O3. The topological polar surface area (TPSA) is 38.7 Å². The first-order valence-electron chi connectivity index (χ1n) is 4.30. The molecule has 1 aromatic rings. The highest BCUT2D eigenvalue weighted by Gasteiger charge is 2.22. The fourth-order valence-corrected chi connectivity index (χ4v) is 1.62. The Kier molecular flexibility index (Phi) is 2.10. The second-order valence-corrected chi connectivity index (χ2v) is 3.06. The second kappa shape index (κ2) is 3.26. The number of benzene rings is 1. The molecule has 0 radical (unpaired) electrons. The van der Waals surface area contributed by atoms with Crippen molar-refractivity contribution < 1.29 is 14.6 Å². The van der Waals surface area contributed by atoms with Crippen molar-refractivity contribution in [3.8, 4) is 11.5 Å². The average molecular weight is 180 g/mol. The van der Waals surface area contributed by atoms with Gasteiger partial charge in [-0.3, -0.25) is 0 Å². The van der Waals surface area contributed by atoms with Gasteiger partial charge in [-0.2, -0.15) is 0 Å². The van der Waals surface area contributed by atoms with Crippen LogP contribution in [0.25, 0.3) is 0 Å². The Hall–Kier alpha value is -1.22. The summed E-state index contributed by atoms with van der Waals surface area (Å²) >= 11 is 0. The number of ether oxygens (including phenoxy) is 2. The molecular weight excluding hydrogens is 168 g/mol. The summed E-state index contributed by atoms with van der Waals surface area (Å²) in [5, 5.41) is 9.49. The van der Waals surface area contributed by atoms with Gasteiger partial charge in [0.05, 0.1) is 12.7 Å². The molecule has 1 N–H and O–H groups in total. The first-order valence-corrected chi connectivity index (χ1v) is 4.30. The van der Waals surface area contributed by atoms with Gasteiger partial charge in [0.1, 0.15) is 0 Å².